The van der Waals surface area contributed by atoms with Gasteiger partial charge in [0.2, 0.25) is 0 Å². The number of rotatable bonds is 3. The normalized spacial score (nSPS) is 11.5. The van der Waals surface area contributed by atoms with E-state index >= 15 is 0 Å². The molecule has 0 radical (unpaired) electrons. The number of carbonyl (C=O) groups is 1. The number of hydrogen-bond donors (Lipinski definition) is 1. The quantitative estimate of drug-likeness (QED) is 0.845. The van der Waals surface area contributed by atoms with E-state index in [1.165, 1.54) is 19.1 Å². The second-order valence-corrected chi connectivity index (χ2v) is 3.35. The van der Waals surface area contributed by atoms with Gasteiger partial charge in [0, 0.05) is 11.1 Å². The average molecular weight is 225 g/mol. The summed E-state index contributed by atoms with van der Waals surface area (Å²) in [7, 11) is 0. The van der Waals surface area contributed by atoms with E-state index in [1.807, 2.05) is 6.07 Å². The van der Waals surface area contributed by atoms with Crippen LogP contribution in [0.4, 0.5) is 0 Å². The number of hydrogen-bond acceptors (Lipinski definition) is 3. The lowest BCUT2D eigenvalue weighted by molar-refractivity contribution is -0.123. The lowest BCUT2D eigenvalue weighted by Crippen LogP contribution is -2.30. The molecular formula is C10H9ClN2O2. The lowest BCUT2D eigenvalue weighted by Gasteiger charge is -2.12. The molecule has 0 aliphatic rings. The molecule has 4 nitrogen and oxygen atoms in total. The summed E-state index contributed by atoms with van der Waals surface area (Å²) in [5, 5.41) is 9.20. The van der Waals surface area contributed by atoms with Gasteiger partial charge in [0.25, 0.3) is 5.91 Å². The van der Waals surface area contributed by atoms with Crippen molar-refractivity contribution in [2.24, 2.45) is 5.73 Å². The standard InChI is InChI=1S/C10H9ClN2O2/c1-6(10(13)14)15-9-4-8(11)3-2-7(9)5-12/h2-4,6H,1H3,(H2,13,14). The smallest absolute Gasteiger partial charge is 0.258 e. The molecule has 5 heteroatoms. The van der Waals surface area contributed by atoms with E-state index in [4.69, 9.17) is 27.3 Å². The van der Waals surface area contributed by atoms with Crippen LogP contribution in [0, 0.1) is 11.3 Å². The summed E-state index contributed by atoms with van der Waals surface area (Å²) in [4.78, 5) is 10.8. The van der Waals surface area contributed by atoms with Crippen LogP contribution < -0.4 is 10.5 Å². The number of nitrogens with zero attached hydrogens (tertiary/aromatic N) is 1. The number of nitriles is 1. The van der Waals surface area contributed by atoms with Crippen LogP contribution in [0.5, 0.6) is 5.75 Å². The Morgan fingerprint density at radius 3 is 2.87 bits per heavy atom. The summed E-state index contributed by atoms with van der Waals surface area (Å²) >= 11 is 5.73. The molecule has 1 rings (SSSR count). The Hall–Kier alpha value is -1.73. The molecular weight excluding hydrogens is 216 g/mol. The maximum absolute atomic E-state index is 10.8. The van der Waals surface area contributed by atoms with Crippen molar-refractivity contribution in [2.75, 3.05) is 0 Å². The van der Waals surface area contributed by atoms with Gasteiger partial charge in [-0.2, -0.15) is 5.26 Å². The molecule has 1 amide bonds. The molecule has 0 aliphatic carbocycles. The molecule has 78 valence electrons. The number of amides is 1. The largest absolute Gasteiger partial charge is 0.479 e. The van der Waals surface area contributed by atoms with E-state index in [0.717, 1.165) is 0 Å². The van der Waals surface area contributed by atoms with Gasteiger partial charge in [-0.05, 0) is 19.1 Å². The molecule has 1 unspecified atom stereocenters. The van der Waals surface area contributed by atoms with Crippen LogP contribution in [0.15, 0.2) is 18.2 Å². The van der Waals surface area contributed by atoms with E-state index < -0.39 is 12.0 Å². The minimum atomic E-state index is -0.796. The summed E-state index contributed by atoms with van der Waals surface area (Å²) < 4.78 is 5.20. The molecule has 0 spiro atoms. The van der Waals surface area contributed by atoms with Crippen LogP contribution >= 0.6 is 11.6 Å². The minimum absolute atomic E-state index is 0.260. The van der Waals surface area contributed by atoms with Crippen LogP contribution in [0.3, 0.4) is 0 Å². The lowest BCUT2D eigenvalue weighted by atomic mass is 10.2. The zero-order chi connectivity index (χ0) is 11.4. The van der Waals surface area contributed by atoms with Crippen molar-refractivity contribution in [3.8, 4) is 11.8 Å². The first-order valence-electron chi connectivity index (χ1n) is 4.20. The third-order valence-corrected chi connectivity index (χ3v) is 2.00. The molecule has 2 N–H and O–H groups in total. The third kappa shape index (κ3) is 2.86. The molecule has 0 aromatic heterocycles. The van der Waals surface area contributed by atoms with E-state index in [0.29, 0.717) is 10.6 Å². The third-order valence-electron chi connectivity index (χ3n) is 1.77. The van der Waals surface area contributed by atoms with E-state index in [1.54, 1.807) is 6.07 Å². The topological polar surface area (TPSA) is 76.1 Å². The molecule has 1 aromatic carbocycles. The fraction of sp³-hybridized carbons (Fsp3) is 0.200. The Kier molecular flexibility index (Phi) is 3.53. The summed E-state index contributed by atoms with van der Waals surface area (Å²) in [6.07, 6.45) is -0.796. The second-order valence-electron chi connectivity index (χ2n) is 2.91. The van der Waals surface area contributed by atoms with Crippen LogP contribution in [0.25, 0.3) is 0 Å². The number of primary amides is 1. The van der Waals surface area contributed by atoms with E-state index in [2.05, 4.69) is 0 Å². The predicted molar refractivity (Wildman–Crippen MR) is 55.5 cm³/mol. The van der Waals surface area contributed by atoms with Gasteiger partial charge in [0.05, 0.1) is 5.56 Å². The van der Waals surface area contributed by atoms with E-state index in [-0.39, 0.29) is 5.75 Å². The van der Waals surface area contributed by atoms with Crippen molar-refractivity contribution in [2.45, 2.75) is 13.0 Å². The number of halogens is 1. The molecule has 0 fully saturated rings. The summed E-state index contributed by atoms with van der Waals surface area (Å²) in [6, 6.07) is 6.49. The molecule has 15 heavy (non-hydrogen) atoms. The van der Waals surface area contributed by atoms with Gasteiger partial charge >= 0.3 is 0 Å². The number of benzene rings is 1. The van der Waals surface area contributed by atoms with Gasteiger partial charge in [-0.15, -0.1) is 0 Å². The van der Waals surface area contributed by atoms with E-state index in [9.17, 15) is 4.79 Å². The van der Waals surface area contributed by atoms with Crippen LogP contribution in [-0.4, -0.2) is 12.0 Å². The van der Waals surface area contributed by atoms with Gasteiger partial charge < -0.3 is 10.5 Å². The fourth-order valence-corrected chi connectivity index (χ4v) is 1.10. The monoisotopic (exact) mass is 224 g/mol. The van der Waals surface area contributed by atoms with Crippen LogP contribution in [-0.2, 0) is 4.79 Å². The Bertz CT molecular complexity index is 426. The van der Waals surface area contributed by atoms with Crippen molar-refractivity contribution in [3.05, 3.63) is 28.8 Å². The van der Waals surface area contributed by atoms with Crippen molar-refractivity contribution in [1.29, 1.82) is 5.26 Å². The maximum Gasteiger partial charge on any atom is 0.258 e. The second kappa shape index (κ2) is 4.67. The average Bonchev–Trinajstić information content (AvgIpc) is 2.18. The highest BCUT2D eigenvalue weighted by Crippen LogP contribution is 2.23. The van der Waals surface area contributed by atoms with Crippen LogP contribution in [0.1, 0.15) is 12.5 Å². The molecule has 0 bridgehead atoms. The zero-order valence-electron chi connectivity index (χ0n) is 8.03. The van der Waals surface area contributed by atoms with Crippen molar-refractivity contribution < 1.29 is 9.53 Å². The molecule has 0 saturated carbocycles. The SMILES string of the molecule is CC(Oc1cc(Cl)ccc1C#N)C(N)=O. The first-order valence-corrected chi connectivity index (χ1v) is 4.58. The fourth-order valence-electron chi connectivity index (χ4n) is 0.935. The molecule has 1 atom stereocenters. The molecule has 0 saturated heterocycles. The first-order chi connectivity index (χ1) is 7.04. The highest BCUT2D eigenvalue weighted by Gasteiger charge is 2.13. The molecule has 0 heterocycles. The highest BCUT2D eigenvalue weighted by molar-refractivity contribution is 6.30. The summed E-state index contributed by atoms with van der Waals surface area (Å²) in [5.41, 5.74) is 5.35. The number of nitrogens with two attached hydrogens (primary N) is 1. The zero-order valence-corrected chi connectivity index (χ0v) is 8.78. The maximum atomic E-state index is 10.8. The number of ether oxygens (including phenoxy) is 1. The van der Waals surface area contributed by atoms with Crippen LogP contribution in [0.2, 0.25) is 5.02 Å². The molecule has 1 aromatic rings. The van der Waals surface area contributed by atoms with Crippen molar-refractivity contribution in [1.82, 2.24) is 0 Å². The van der Waals surface area contributed by atoms with Gasteiger partial charge in [0.15, 0.2) is 6.10 Å². The Balaban J connectivity index is 2.98. The Labute approximate surface area is 92.2 Å². The summed E-state index contributed by atoms with van der Waals surface area (Å²) in [6.45, 7) is 1.50. The number of carbonyl (C=O) groups excluding carboxylic acids is 1. The minimum Gasteiger partial charge on any atom is -0.479 e. The van der Waals surface area contributed by atoms with Gasteiger partial charge in [-0.3, -0.25) is 4.79 Å². The first kappa shape index (κ1) is 11.3. The van der Waals surface area contributed by atoms with Crippen molar-refractivity contribution in [3.63, 3.8) is 0 Å². The Morgan fingerprint density at radius 2 is 2.33 bits per heavy atom. The summed E-state index contributed by atoms with van der Waals surface area (Å²) in [5.74, 6) is -0.338. The van der Waals surface area contributed by atoms with Crippen molar-refractivity contribution >= 4 is 17.5 Å². The highest BCUT2D eigenvalue weighted by atomic mass is 35.5. The Morgan fingerprint density at radius 1 is 1.67 bits per heavy atom. The van der Waals surface area contributed by atoms with Gasteiger partial charge in [-0.25, -0.2) is 0 Å². The predicted octanol–water partition coefficient (Wildman–Crippen LogP) is 1.46. The van der Waals surface area contributed by atoms with Gasteiger partial charge in [0.1, 0.15) is 11.8 Å². The van der Waals surface area contributed by atoms with Gasteiger partial charge in [-0.1, -0.05) is 11.6 Å². The molecule has 0 aliphatic heterocycles.